The van der Waals surface area contributed by atoms with Gasteiger partial charge in [0.2, 0.25) is 0 Å². The topological polar surface area (TPSA) is 42.2 Å². The number of aryl methyl sites for hydroxylation is 3. The van der Waals surface area contributed by atoms with E-state index in [-0.39, 0.29) is 11.3 Å². The minimum atomic E-state index is -0.112. The first-order chi connectivity index (χ1) is 11.9. The third kappa shape index (κ3) is 3.49. The molecule has 0 aliphatic heterocycles. The van der Waals surface area contributed by atoms with E-state index in [0.717, 1.165) is 27.8 Å². The normalized spacial score (nSPS) is 10.6. The number of fused-ring (bicyclic) bond motifs is 1. The molecule has 0 aliphatic carbocycles. The summed E-state index contributed by atoms with van der Waals surface area (Å²) in [6.45, 7) is 12.4. The van der Waals surface area contributed by atoms with Crippen molar-refractivity contribution in [2.75, 3.05) is 0 Å². The fourth-order valence-electron chi connectivity index (χ4n) is 3.03. The summed E-state index contributed by atoms with van der Waals surface area (Å²) in [6, 6.07) is 8.22. The summed E-state index contributed by atoms with van der Waals surface area (Å²) < 4.78 is 1.80. The first-order valence-electron chi connectivity index (χ1n) is 8.84. The lowest BCUT2D eigenvalue weighted by molar-refractivity contribution is 0.474. The zero-order chi connectivity index (χ0) is 18.7. The fourth-order valence-corrected chi connectivity index (χ4v) is 4.27. The molecule has 0 saturated heterocycles. The van der Waals surface area contributed by atoms with E-state index >= 15 is 0 Å². The summed E-state index contributed by atoms with van der Waals surface area (Å²) in [4.78, 5) is 14.7. The van der Waals surface area contributed by atoms with Crippen LogP contribution in [0, 0.1) is 20.8 Å². The Morgan fingerprint density at radius 1 is 1.08 bits per heavy atom. The minimum Gasteiger partial charge on any atom is -0.507 e. The predicted molar refractivity (Wildman–Crippen MR) is 108 cm³/mol. The Morgan fingerprint density at radius 2 is 1.68 bits per heavy atom. The van der Waals surface area contributed by atoms with Gasteiger partial charge in [-0.3, -0.25) is 9.36 Å². The molecule has 1 aromatic carbocycles. The molecule has 4 heteroatoms. The fraction of sp³-hybridized carbons (Fsp3) is 0.381. The van der Waals surface area contributed by atoms with Crippen molar-refractivity contribution in [3.63, 3.8) is 0 Å². The van der Waals surface area contributed by atoms with Gasteiger partial charge in [0.05, 0.1) is 17.5 Å². The maximum Gasteiger partial charge on any atom is 0.258 e. The van der Waals surface area contributed by atoms with Gasteiger partial charge in [-0.05, 0) is 38.3 Å². The zero-order valence-electron chi connectivity index (χ0n) is 15.9. The largest absolute Gasteiger partial charge is 0.507 e. The van der Waals surface area contributed by atoms with Gasteiger partial charge in [-0.15, -0.1) is 11.3 Å². The third-order valence-corrected chi connectivity index (χ3v) is 5.58. The molecule has 134 valence electrons. The molecule has 0 atom stereocenters. The van der Waals surface area contributed by atoms with Gasteiger partial charge in [0, 0.05) is 4.88 Å². The van der Waals surface area contributed by atoms with Gasteiger partial charge in [0.1, 0.15) is 10.6 Å². The lowest BCUT2D eigenvalue weighted by Gasteiger charge is -2.12. The second-order valence-corrected chi connectivity index (χ2v) is 7.22. The van der Waals surface area contributed by atoms with Crippen LogP contribution in [0.25, 0.3) is 10.2 Å². The van der Waals surface area contributed by atoms with Crippen molar-refractivity contribution < 1.29 is 5.11 Å². The molecule has 0 amide bonds. The van der Waals surface area contributed by atoms with Crippen LogP contribution in [-0.4, -0.2) is 9.67 Å². The van der Waals surface area contributed by atoms with Crippen LogP contribution in [0.4, 0.5) is 0 Å². The molecule has 2 heterocycles. The van der Waals surface area contributed by atoms with Crippen molar-refractivity contribution in [1.29, 1.82) is 0 Å². The average molecular weight is 358 g/mol. The standard InChI is InChI=1S/C19H21NO2S.C2H6/c1-5-15-13(4)23-19-16(15)17(21)12(3)18(22)20(19)10-14-8-6-11(2)7-9-14;1-2/h6-9,21H,5,10H2,1-4H3;1-2H3. The number of pyridine rings is 1. The Labute approximate surface area is 153 Å². The maximum atomic E-state index is 12.7. The van der Waals surface area contributed by atoms with Crippen LogP contribution in [0.3, 0.4) is 0 Å². The van der Waals surface area contributed by atoms with Crippen molar-refractivity contribution in [1.82, 2.24) is 4.57 Å². The lowest BCUT2D eigenvalue weighted by Crippen LogP contribution is -2.22. The quantitative estimate of drug-likeness (QED) is 0.688. The molecular weight excluding hydrogens is 330 g/mol. The molecule has 0 saturated carbocycles. The molecule has 0 spiro atoms. The zero-order valence-corrected chi connectivity index (χ0v) is 16.8. The third-order valence-electron chi connectivity index (χ3n) is 4.41. The van der Waals surface area contributed by atoms with Crippen LogP contribution in [-0.2, 0) is 13.0 Å². The van der Waals surface area contributed by atoms with Crippen LogP contribution in [0.2, 0.25) is 0 Å². The SMILES string of the molecule is CC.CCc1c(C)sc2c1c(O)c(C)c(=O)n2Cc1ccc(C)cc1. The van der Waals surface area contributed by atoms with E-state index in [4.69, 9.17) is 0 Å². The van der Waals surface area contributed by atoms with E-state index in [1.165, 1.54) is 10.4 Å². The van der Waals surface area contributed by atoms with E-state index in [2.05, 4.69) is 45.0 Å². The van der Waals surface area contributed by atoms with Gasteiger partial charge in [-0.1, -0.05) is 50.6 Å². The molecule has 1 N–H and O–H groups in total. The van der Waals surface area contributed by atoms with E-state index in [0.29, 0.717) is 12.1 Å². The van der Waals surface area contributed by atoms with E-state index in [1.54, 1.807) is 22.8 Å². The summed E-state index contributed by atoms with van der Waals surface area (Å²) in [5.74, 6) is 0.145. The van der Waals surface area contributed by atoms with Gasteiger partial charge in [0.15, 0.2) is 0 Å². The second-order valence-electron chi connectivity index (χ2n) is 6.02. The van der Waals surface area contributed by atoms with Gasteiger partial charge >= 0.3 is 0 Å². The summed E-state index contributed by atoms with van der Waals surface area (Å²) in [5.41, 5.74) is 3.75. The van der Waals surface area contributed by atoms with Crippen molar-refractivity contribution >= 4 is 21.6 Å². The number of benzene rings is 1. The number of aromatic nitrogens is 1. The Balaban J connectivity index is 0.00000109. The Morgan fingerprint density at radius 3 is 2.24 bits per heavy atom. The lowest BCUT2D eigenvalue weighted by atomic mass is 10.1. The highest BCUT2D eigenvalue weighted by Gasteiger charge is 2.19. The molecule has 25 heavy (non-hydrogen) atoms. The van der Waals surface area contributed by atoms with Crippen molar-refractivity contribution in [2.45, 2.75) is 54.5 Å². The first-order valence-corrected chi connectivity index (χ1v) is 9.65. The van der Waals surface area contributed by atoms with Gasteiger partial charge in [-0.2, -0.15) is 0 Å². The number of rotatable bonds is 3. The highest BCUT2D eigenvalue weighted by Crippen LogP contribution is 2.37. The van der Waals surface area contributed by atoms with Crippen LogP contribution >= 0.6 is 11.3 Å². The van der Waals surface area contributed by atoms with E-state index < -0.39 is 0 Å². The smallest absolute Gasteiger partial charge is 0.258 e. The molecule has 3 nitrogen and oxygen atoms in total. The molecule has 0 aliphatic rings. The van der Waals surface area contributed by atoms with Crippen LogP contribution in [0.15, 0.2) is 29.1 Å². The van der Waals surface area contributed by atoms with Crippen molar-refractivity contribution in [2.24, 2.45) is 0 Å². The minimum absolute atomic E-state index is 0.112. The van der Waals surface area contributed by atoms with Crippen molar-refractivity contribution in [3.05, 3.63) is 61.8 Å². The van der Waals surface area contributed by atoms with Crippen LogP contribution in [0.5, 0.6) is 5.75 Å². The molecule has 0 unspecified atom stereocenters. The Hall–Kier alpha value is -2.07. The molecule has 3 rings (SSSR count). The van der Waals surface area contributed by atoms with Crippen molar-refractivity contribution in [3.8, 4) is 5.75 Å². The maximum absolute atomic E-state index is 12.7. The predicted octanol–water partition coefficient (Wildman–Crippen LogP) is 5.33. The van der Waals surface area contributed by atoms with E-state index in [9.17, 15) is 9.90 Å². The molecular formula is C21H27NO2S. The number of thiophene rings is 1. The first kappa shape index (κ1) is 19.3. The molecule has 0 fully saturated rings. The number of nitrogens with zero attached hydrogens (tertiary/aromatic N) is 1. The molecule has 0 bridgehead atoms. The molecule has 3 aromatic rings. The number of hydrogen-bond donors (Lipinski definition) is 1. The van der Waals surface area contributed by atoms with Crippen LogP contribution in [0.1, 0.15) is 47.9 Å². The number of aromatic hydroxyl groups is 1. The highest BCUT2D eigenvalue weighted by molar-refractivity contribution is 7.18. The number of hydrogen-bond acceptors (Lipinski definition) is 3. The van der Waals surface area contributed by atoms with Gasteiger partial charge in [-0.25, -0.2) is 0 Å². The summed E-state index contributed by atoms with van der Waals surface area (Å²) in [7, 11) is 0. The Kier molecular flexibility index (Phi) is 6.07. The average Bonchev–Trinajstić information content (AvgIpc) is 2.96. The van der Waals surface area contributed by atoms with Crippen LogP contribution < -0.4 is 5.56 Å². The monoisotopic (exact) mass is 357 g/mol. The summed E-state index contributed by atoms with van der Waals surface area (Å²) >= 11 is 1.59. The summed E-state index contributed by atoms with van der Waals surface area (Å²) in [5, 5.41) is 11.3. The Bertz CT molecular complexity index is 933. The summed E-state index contributed by atoms with van der Waals surface area (Å²) in [6.07, 6.45) is 0.849. The second kappa shape index (κ2) is 7.87. The molecule has 0 radical (unpaired) electrons. The van der Waals surface area contributed by atoms with Gasteiger partial charge < -0.3 is 5.11 Å². The molecule has 2 aromatic heterocycles. The van der Waals surface area contributed by atoms with Gasteiger partial charge in [0.25, 0.3) is 5.56 Å². The van der Waals surface area contributed by atoms with E-state index in [1.807, 2.05) is 13.8 Å². The highest BCUT2D eigenvalue weighted by atomic mass is 32.1.